The molecule has 1 aromatic carbocycles. The third-order valence-electron chi connectivity index (χ3n) is 3.91. The van der Waals surface area contributed by atoms with Crippen molar-refractivity contribution in [3.63, 3.8) is 0 Å². The Morgan fingerprint density at radius 2 is 2.06 bits per heavy atom. The van der Waals surface area contributed by atoms with Crippen LogP contribution in [0.4, 0.5) is 0 Å². The molecule has 0 radical (unpaired) electrons. The SMILES string of the molecule is O=C1O[C@@H]2CCCC[C@H]2[C@H]1c1cccc(Cl)c1. The fourth-order valence-corrected chi connectivity index (χ4v) is 3.33. The number of rotatable bonds is 1. The van der Waals surface area contributed by atoms with E-state index in [9.17, 15) is 4.79 Å². The van der Waals surface area contributed by atoms with E-state index in [2.05, 4.69) is 0 Å². The lowest BCUT2D eigenvalue weighted by atomic mass is 9.77. The fraction of sp³-hybridized carbons (Fsp3) is 0.500. The predicted octanol–water partition coefficient (Wildman–Crippen LogP) is 3.54. The minimum atomic E-state index is -0.0981. The summed E-state index contributed by atoms with van der Waals surface area (Å²) in [5.41, 5.74) is 1.01. The van der Waals surface area contributed by atoms with Crippen molar-refractivity contribution in [2.45, 2.75) is 37.7 Å². The number of carbonyl (C=O) groups excluding carboxylic acids is 1. The van der Waals surface area contributed by atoms with Crippen LogP contribution in [0.15, 0.2) is 24.3 Å². The summed E-state index contributed by atoms with van der Waals surface area (Å²) in [6.07, 6.45) is 4.63. The molecule has 3 atom stereocenters. The van der Waals surface area contributed by atoms with Crippen LogP contribution in [-0.2, 0) is 9.53 Å². The van der Waals surface area contributed by atoms with Crippen LogP contribution >= 0.6 is 11.6 Å². The fourth-order valence-electron chi connectivity index (χ4n) is 3.13. The van der Waals surface area contributed by atoms with Crippen LogP contribution in [0.1, 0.15) is 37.2 Å². The number of hydrogen-bond acceptors (Lipinski definition) is 2. The maximum absolute atomic E-state index is 12.0. The van der Waals surface area contributed by atoms with Gasteiger partial charge in [0.05, 0.1) is 5.92 Å². The standard InChI is InChI=1S/C14H15ClO2/c15-10-5-3-4-9(8-10)13-11-6-1-2-7-12(11)17-14(13)16/h3-5,8,11-13H,1-2,6-7H2/t11-,12-,13-/m1/s1. The molecule has 1 saturated carbocycles. The molecule has 0 spiro atoms. The first kappa shape index (κ1) is 11.1. The van der Waals surface area contributed by atoms with E-state index in [1.54, 1.807) is 0 Å². The molecule has 1 aliphatic carbocycles. The van der Waals surface area contributed by atoms with Gasteiger partial charge in [-0.2, -0.15) is 0 Å². The number of benzene rings is 1. The number of carbonyl (C=O) groups is 1. The number of fused-ring (bicyclic) bond motifs is 1. The van der Waals surface area contributed by atoms with Crippen LogP contribution in [0.2, 0.25) is 5.02 Å². The lowest BCUT2D eigenvalue weighted by Crippen LogP contribution is -2.23. The maximum atomic E-state index is 12.0. The normalized spacial score (nSPS) is 32.1. The minimum Gasteiger partial charge on any atom is -0.462 e. The smallest absolute Gasteiger partial charge is 0.314 e. The summed E-state index contributed by atoms with van der Waals surface area (Å²) < 4.78 is 5.49. The molecule has 0 aromatic heterocycles. The number of hydrogen-bond donors (Lipinski definition) is 0. The highest BCUT2D eigenvalue weighted by Gasteiger charge is 2.45. The first-order valence-corrected chi connectivity index (χ1v) is 6.59. The molecule has 2 aliphatic rings. The summed E-state index contributed by atoms with van der Waals surface area (Å²) in [7, 11) is 0. The molecule has 3 rings (SSSR count). The van der Waals surface area contributed by atoms with Crippen LogP contribution in [0.25, 0.3) is 0 Å². The summed E-state index contributed by atoms with van der Waals surface area (Å²) >= 11 is 5.99. The molecule has 0 unspecified atom stereocenters. The molecule has 2 fully saturated rings. The lowest BCUT2D eigenvalue weighted by Gasteiger charge is -2.25. The molecule has 0 amide bonds. The highest BCUT2D eigenvalue weighted by molar-refractivity contribution is 6.30. The summed E-state index contributed by atoms with van der Waals surface area (Å²) in [5, 5.41) is 0.689. The Balaban J connectivity index is 1.93. The molecule has 1 aliphatic heterocycles. The van der Waals surface area contributed by atoms with E-state index in [0.717, 1.165) is 18.4 Å². The molecule has 1 aromatic rings. The van der Waals surface area contributed by atoms with Crippen LogP contribution in [0.3, 0.4) is 0 Å². The highest BCUT2D eigenvalue weighted by atomic mass is 35.5. The Bertz CT molecular complexity index is 444. The van der Waals surface area contributed by atoms with Crippen molar-refractivity contribution < 1.29 is 9.53 Å². The Kier molecular flexibility index (Phi) is 2.83. The van der Waals surface area contributed by atoms with Gasteiger partial charge in [-0.3, -0.25) is 4.79 Å². The number of halogens is 1. The molecule has 90 valence electrons. The van der Waals surface area contributed by atoms with Crippen molar-refractivity contribution >= 4 is 17.6 Å². The zero-order valence-corrected chi connectivity index (χ0v) is 10.3. The summed E-state index contributed by atoms with van der Waals surface area (Å²) in [6, 6.07) is 7.62. The average Bonchev–Trinajstić information content (AvgIpc) is 2.64. The molecular formula is C14H15ClO2. The second-order valence-corrected chi connectivity index (χ2v) is 5.39. The van der Waals surface area contributed by atoms with Crippen LogP contribution in [-0.4, -0.2) is 12.1 Å². The van der Waals surface area contributed by atoms with E-state index in [4.69, 9.17) is 16.3 Å². The molecule has 1 heterocycles. The van der Waals surface area contributed by atoms with E-state index in [-0.39, 0.29) is 18.0 Å². The van der Waals surface area contributed by atoms with Crippen molar-refractivity contribution in [3.8, 4) is 0 Å². The average molecular weight is 251 g/mol. The van der Waals surface area contributed by atoms with Gasteiger partial charge in [0.15, 0.2) is 0 Å². The van der Waals surface area contributed by atoms with Gasteiger partial charge < -0.3 is 4.74 Å². The van der Waals surface area contributed by atoms with Crippen molar-refractivity contribution in [2.75, 3.05) is 0 Å². The third kappa shape index (κ3) is 1.95. The quantitative estimate of drug-likeness (QED) is 0.713. The van der Waals surface area contributed by atoms with Gasteiger partial charge in [0.25, 0.3) is 0 Å². The minimum absolute atomic E-state index is 0.0656. The summed E-state index contributed by atoms with van der Waals surface area (Å²) in [6.45, 7) is 0. The summed E-state index contributed by atoms with van der Waals surface area (Å²) in [4.78, 5) is 12.0. The van der Waals surface area contributed by atoms with Crippen LogP contribution in [0.5, 0.6) is 0 Å². The van der Waals surface area contributed by atoms with Crippen molar-refractivity contribution in [2.24, 2.45) is 5.92 Å². The number of ether oxygens (including phenoxy) is 1. The largest absolute Gasteiger partial charge is 0.462 e. The highest BCUT2D eigenvalue weighted by Crippen LogP contribution is 2.44. The Hall–Kier alpha value is -1.02. The van der Waals surface area contributed by atoms with Crippen molar-refractivity contribution in [1.82, 2.24) is 0 Å². The Morgan fingerprint density at radius 1 is 1.24 bits per heavy atom. The van der Waals surface area contributed by atoms with Crippen LogP contribution in [0, 0.1) is 5.92 Å². The van der Waals surface area contributed by atoms with Gasteiger partial charge in [-0.25, -0.2) is 0 Å². The van der Waals surface area contributed by atoms with E-state index >= 15 is 0 Å². The maximum Gasteiger partial charge on any atom is 0.314 e. The van der Waals surface area contributed by atoms with Crippen molar-refractivity contribution in [3.05, 3.63) is 34.9 Å². The zero-order valence-electron chi connectivity index (χ0n) is 9.56. The second-order valence-electron chi connectivity index (χ2n) is 4.96. The topological polar surface area (TPSA) is 26.3 Å². The molecule has 0 bridgehead atoms. The van der Waals surface area contributed by atoms with Gasteiger partial charge in [-0.05, 0) is 37.0 Å². The first-order valence-electron chi connectivity index (χ1n) is 6.21. The van der Waals surface area contributed by atoms with E-state index < -0.39 is 0 Å². The first-order chi connectivity index (χ1) is 8.25. The van der Waals surface area contributed by atoms with Gasteiger partial charge in [0, 0.05) is 10.9 Å². The molecular weight excluding hydrogens is 236 g/mol. The molecule has 2 nitrogen and oxygen atoms in total. The van der Waals surface area contributed by atoms with Gasteiger partial charge >= 0.3 is 5.97 Å². The van der Waals surface area contributed by atoms with Gasteiger partial charge in [-0.1, -0.05) is 30.2 Å². The Labute approximate surface area is 106 Å². The van der Waals surface area contributed by atoms with E-state index in [0.29, 0.717) is 10.9 Å². The van der Waals surface area contributed by atoms with E-state index in [1.807, 2.05) is 24.3 Å². The van der Waals surface area contributed by atoms with Gasteiger partial charge in [-0.15, -0.1) is 0 Å². The van der Waals surface area contributed by atoms with E-state index in [1.165, 1.54) is 12.8 Å². The molecule has 17 heavy (non-hydrogen) atoms. The zero-order chi connectivity index (χ0) is 11.8. The summed E-state index contributed by atoms with van der Waals surface area (Å²) in [5.74, 6) is 0.192. The molecule has 1 saturated heterocycles. The van der Waals surface area contributed by atoms with Gasteiger partial charge in [0.2, 0.25) is 0 Å². The number of esters is 1. The second kappa shape index (κ2) is 4.34. The predicted molar refractivity (Wildman–Crippen MR) is 66.0 cm³/mol. The third-order valence-corrected chi connectivity index (χ3v) is 4.15. The molecule has 3 heteroatoms. The van der Waals surface area contributed by atoms with Crippen LogP contribution < -0.4 is 0 Å². The molecule has 0 N–H and O–H groups in total. The van der Waals surface area contributed by atoms with Crippen molar-refractivity contribution in [1.29, 1.82) is 0 Å². The lowest BCUT2D eigenvalue weighted by molar-refractivity contribution is -0.142. The van der Waals surface area contributed by atoms with Gasteiger partial charge in [0.1, 0.15) is 6.10 Å². The Morgan fingerprint density at radius 3 is 2.88 bits per heavy atom. The monoisotopic (exact) mass is 250 g/mol.